The van der Waals surface area contributed by atoms with Crippen LogP contribution in [0.25, 0.3) is 95.0 Å². The summed E-state index contributed by atoms with van der Waals surface area (Å²) in [6.07, 6.45) is 2.28. The second-order valence-electron chi connectivity index (χ2n) is 20.1. The fraction of sp³-hybridized carbons (Fsp3) is 0.143. The van der Waals surface area contributed by atoms with Crippen LogP contribution in [0, 0.1) is 27.7 Å². The van der Waals surface area contributed by atoms with Gasteiger partial charge in [0.2, 0.25) is 5.69 Å². The van der Waals surface area contributed by atoms with Crippen LogP contribution in [-0.2, 0) is 11.3 Å². The van der Waals surface area contributed by atoms with Crippen molar-refractivity contribution in [3.8, 4) is 89.7 Å². The molecule has 0 radical (unpaired) electrons. The summed E-state index contributed by atoms with van der Waals surface area (Å²) in [4.78, 5) is 0. The van der Waals surface area contributed by atoms with Gasteiger partial charge in [0, 0.05) is 28.8 Å². The van der Waals surface area contributed by atoms with Crippen LogP contribution in [-0.4, -0.2) is 4.57 Å². The normalized spacial score (nSPS) is 15.0. The third-order valence-electron chi connectivity index (χ3n) is 14.6. The highest BCUT2D eigenvalue weighted by atomic mass is 16.5. The molecule has 67 heavy (non-hydrogen) atoms. The number of nitrogens with zero attached hydrogens (tertiary/aromatic N) is 3. The molecule has 13 rings (SSSR count). The molecule has 0 amide bonds. The number of fused-ring (bicyclic) bond motifs is 5. The van der Waals surface area contributed by atoms with Crippen molar-refractivity contribution in [2.75, 3.05) is 0 Å². The van der Waals surface area contributed by atoms with E-state index >= 15 is 0 Å². The smallest absolute Gasteiger partial charge is 0.392 e. The Kier molecular flexibility index (Phi) is 8.32. The Morgan fingerprint density at radius 1 is 0.478 bits per heavy atom. The van der Waals surface area contributed by atoms with Crippen molar-refractivity contribution in [2.45, 2.75) is 59.7 Å². The molecule has 0 aliphatic carbocycles. The van der Waals surface area contributed by atoms with Gasteiger partial charge in [-0.3, -0.25) is 0 Å². The van der Waals surface area contributed by atoms with Crippen LogP contribution < -0.4 is 13.9 Å². The average molecular weight is 866 g/mol. The Morgan fingerprint density at radius 3 is 1.88 bits per heavy atom. The fourth-order valence-electron chi connectivity index (χ4n) is 11.4. The van der Waals surface area contributed by atoms with Crippen molar-refractivity contribution in [1.29, 1.82) is 0 Å². The minimum Gasteiger partial charge on any atom is -0.392 e. The molecule has 0 saturated carbocycles. The molecule has 0 saturated heterocycles. The molecule has 5 heterocycles. The number of pyridine rings is 1. The Labute approximate surface area is 392 Å². The monoisotopic (exact) mass is 865 g/mol. The molecule has 0 N–H and O–H groups in total. The number of ether oxygens (including phenoxy) is 1. The average Bonchev–Trinajstić information content (AvgIpc) is 3.83. The number of para-hydroxylation sites is 1. The van der Waals surface area contributed by atoms with E-state index in [0.29, 0.717) is 0 Å². The first-order valence-corrected chi connectivity index (χ1v) is 23.6. The van der Waals surface area contributed by atoms with Gasteiger partial charge in [0.1, 0.15) is 16.8 Å². The van der Waals surface area contributed by atoms with E-state index in [9.17, 15) is 0 Å². The van der Waals surface area contributed by atoms with E-state index in [1.165, 1.54) is 83.5 Å². The Hall–Kier alpha value is -7.82. The molecule has 322 valence electrons. The maximum absolute atomic E-state index is 7.93. The lowest BCUT2D eigenvalue weighted by molar-refractivity contribution is -0.997. The van der Waals surface area contributed by atoms with Crippen molar-refractivity contribution < 1.29 is 13.9 Å². The molecule has 4 nitrogen and oxygen atoms in total. The van der Waals surface area contributed by atoms with Crippen molar-refractivity contribution >= 4 is 11.0 Å². The lowest BCUT2D eigenvalue weighted by atomic mass is 9.85. The van der Waals surface area contributed by atoms with E-state index in [1.807, 2.05) is 0 Å². The molecule has 1 atom stereocenters. The number of hydrogen-bond donors (Lipinski definition) is 0. The van der Waals surface area contributed by atoms with Crippen molar-refractivity contribution in [1.82, 2.24) is 4.57 Å². The minimum atomic E-state index is -1.08. The summed E-state index contributed by atoms with van der Waals surface area (Å²) in [6.45, 7) is 15.7. The quantitative estimate of drug-likeness (QED) is 0.158. The molecule has 0 fully saturated rings. The number of aryl methyl sites for hydroxylation is 4. The number of hydrogen-bond acceptors (Lipinski definition) is 1. The number of rotatable bonds is 5. The van der Waals surface area contributed by atoms with Crippen LogP contribution in [0.2, 0.25) is 0 Å². The summed E-state index contributed by atoms with van der Waals surface area (Å²) in [5.74, 6) is 0.914. The number of imidazole rings is 1. The predicted molar refractivity (Wildman–Crippen MR) is 272 cm³/mol. The largest absolute Gasteiger partial charge is 0.499 e. The van der Waals surface area contributed by atoms with Gasteiger partial charge in [0.15, 0.2) is 23.0 Å². The van der Waals surface area contributed by atoms with Gasteiger partial charge in [0.25, 0.3) is 0 Å². The van der Waals surface area contributed by atoms with Gasteiger partial charge in [-0.25, -0.2) is 0 Å². The van der Waals surface area contributed by atoms with Gasteiger partial charge in [-0.2, -0.15) is 4.57 Å². The maximum Gasteiger partial charge on any atom is 0.499 e. The van der Waals surface area contributed by atoms with Gasteiger partial charge in [-0.15, -0.1) is 9.13 Å². The second kappa shape index (κ2) is 14.1. The lowest BCUT2D eigenvalue weighted by Crippen LogP contribution is -2.78. The zero-order valence-corrected chi connectivity index (χ0v) is 39.1. The molecule has 8 aromatic carbocycles. The zero-order valence-electron chi connectivity index (χ0n) is 39.1. The van der Waals surface area contributed by atoms with Crippen LogP contribution in [0.1, 0.15) is 54.2 Å². The standard InChI is InChI=1S/C63H51N3O/c1-38-21-23-43(24-22-38)46-29-30-64-56(36-46)53-35-47(42-15-10-8-11-16-42)34-52-49-19-14-20-55-59(49)66-61(54-32-39(2)31-41(4)60(54)67-63(64,66)58(52)53)65(55)57-37-50(44-17-12-9-13-18-44)40(3)33-51(57)45-25-27-48(28-26-45)62(5,6)7/h8-37H,1-7H3/q+2. The Balaban J connectivity index is 1.20. The molecule has 10 aromatic rings. The molecule has 1 unspecified atom stereocenters. The number of benzene rings is 8. The van der Waals surface area contributed by atoms with Gasteiger partial charge in [-0.1, -0.05) is 148 Å². The van der Waals surface area contributed by atoms with Crippen LogP contribution in [0.5, 0.6) is 5.75 Å². The van der Waals surface area contributed by atoms with Gasteiger partial charge < -0.3 is 4.74 Å². The van der Waals surface area contributed by atoms with E-state index in [4.69, 9.17) is 4.74 Å². The van der Waals surface area contributed by atoms with Crippen LogP contribution >= 0.6 is 0 Å². The van der Waals surface area contributed by atoms with Gasteiger partial charge in [0.05, 0.1) is 5.56 Å². The third-order valence-corrected chi connectivity index (χ3v) is 14.6. The second-order valence-corrected chi connectivity index (χ2v) is 20.1. The Bertz CT molecular complexity index is 3710. The highest BCUT2D eigenvalue weighted by Gasteiger charge is 2.68. The van der Waals surface area contributed by atoms with E-state index < -0.39 is 5.85 Å². The van der Waals surface area contributed by atoms with E-state index in [1.54, 1.807) is 0 Å². The van der Waals surface area contributed by atoms with Crippen molar-refractivity contribution in [3.05, 3.63) is 216 Å². The van der Waals surface area contributed by atoms with Crippen LogP contribution in [0.15, 0.2) is 182 Å². The van der Waals surface area contributed by atoms with Gasteiger partial charge >= 0.3 is 11.7 Å². The van der Waals surface area contributed by atoms with Crippen molar-refractivity contribution in [2.24, 2.45) is 0 Å². The first kappa shape index (κ1) is 39.5. The number of aromatic nitrogens is 3. The molecule has 3 aliphatic rings. The SMILES string of the molecule is Cc1ccc(-c2cc[n+]3c(c2)-c2cc(-c4ccccc4)cc4c2C32Oc3c(C)cc(C)cc3-c3n(-c5cc(-c6ccccc6)c(C)cc5-c5ccc(C(C)(C)C)cc5)c5cccc-4c5[n+]32)cc1. The maximum atomic E-state index is 7.93. The molecule has 0 bridgehead atoms. The van der Waals surface area contributed by atoms with Crippen LogP contribution in [0.3, 0.4) is 0 Å². The summed E-state index contributed by atoms with van der Waals surface area (Å²) in [5, 5.41) is 0. The zero-order chi connectivity index (χ0) is 45.5. The first-order valence-electron chi connectivity index (χ1n) is 23.6. The molecule has 3 aliphatic heterocycles. The summed E-state index contributed by atoms with van der Waals surface area (Å²) in [7, 11) is 0. The van der Waals surface area contributed by atoms with Crippen molar-refractivity contribution in [3.63, 3.8) is 0 Å². The molecular formula is C63H51N3O+2. The first-order chi connectivity index (χ1) is 32.5. The summed E-state index contributed by atoms with van der Waals surface area (Å²) in [6, 6.07) is 65.7. The highest BCUT2D eigenvalue weighted by molar-refractivity contribution is 6.00. The molecule has 4 heteroatoms. The summed E-state index contributed by atoms with van der Waals surface area (Å²) >= 11 is 0. The Morgan fingerprint density at radius 2 is 1.15 bits per heavy atom. The predicted octanol–water partition coefficient (Wildman–Crippen LogP) is 14.6. The molecule has 2 aromatic heterocycles. The molecular weight excluding hydrogens is 815 g/mol. The van der Waals surface area contributed by atoms with Crippen LogP contribution in [0.4, 0.5) is 0 Å². The minimum absolute atomic E-state index is 0.0323. The topological polar surface area (TPSA) is 21.9 Å². The third kappa shape index (κ3) is 5.66. The molecule has 1 spiro atoms. The summed E-state index contributed by atoms with van der Waals surface area (Å²) < 4.78 is 15.5. The van der Waals surface area contributed by atoms with Gasteiger partial charge in [-0.05, 0) is 137 Å². The van der Waals surface area contributed by atoms with E-state index in [-0.39, 0.29) is 5.41 Å². The fourth-order valence-corrected chi connectivity index (χ4v) is 11.4. The highest BCUT2D eigenvalue weighted by Crippen LogP contribution is 2.55. The summed E-state index contributed by atoms with van der Waals surface area (Å²) in [5.41, 5.74) is 25.9. The lowest BCUT2D eigenvalue weighted by Gasteiger charge is -2.33. The van der Waals surface area contributed by atoms with E-state index in [0.717, 1.165) is 50.7 Å². The van der Waals surface area contributed by atoms with E-state index in [2.05, 4.69) is 244 Å².